The van der Waals surface area contributed by atoms with Crippen LogP contribution in [0.4, 0.5) is 0 Å². The van der Waals surface area contributed by atoms with Crippen molar-refractivity contribution in [3.05, 3.63) is 28.7 Å². The van der Waals surface area contributed by atoms with Gasteiger partial charge in [0.2, 0.25) is 5.75 Å². The lowest BCUT2D eigenvalue weighted by atomic mass is 10.4. The standard InChI is InChI=1S/C5H3NO2/c7-5-4-2-1-3-6(5)8-4/h1-3H. The highest BCUT2D eigenvalue weighted by molar-refractivity contribution is 5.21. The van der Waals surface area contributed by atoms with Crippen LogP contribution < -0.4 is 10.4 Å². The predicted octanol–water partition coefficient (Wildman–Crippen LogP) is 0.00380. The molecule has 3 nitrogen and oxygen atoms in total. The van der Waals surface area contributed by atoms with Gasteiger partial charge in [-0.25, -0.2) is 0 Å². The molecule has 3 heteroatoms. The summed E-state index contributed by atoms with van der Waals surface area (Å²) in [6.45, 7) is 0. The average Bonchev–Trinajstić information content (AvgIpc) is 1.89. The van der Waals surface area contributed by atoms with Crippen molar-refractivity contribution >= 4 is 0 Å². The summed E-state index contributed by atoms with van der Waals surface area (Å²) in [7, 11) is 0. The van der Waals surface area contributed by atoms with Crippen LogP contribution in [0.3, 0.4) is 0 Å². The lowest BCUT2D eigenvalue weighted by Crippen LogP contribution is -2.35. The number of fused-ring (bicyclic) bond motifs is 2. The van der Waals surface area contributed by atoms with Crippen LogP contribution >= 0.6 is 0 Å². The van der Waals surface area contributed by atoms with E-state index < -0.39 is 0 Å². The van der Waals surface area contributed by atoms with Crippen molar-refractivity contribution in [3.8, 4) is 5.75 Å². The minimum Gasteiger partial charge on any atom is -0.366 e. The van der Waals surface area contributed by atoms with Crippen LogP contribution in [0.25, 0.3) is 0 Å². The van der Waals surface area contributed by atoms with E-state index in [9.17, 15) is 4.79 Å². The van der Waals surface area contributed by atoms with Gasteiger partial charge in [0.25, 0.3) is 0 Å². The number of hydrogen-bond acceptors (Lipinski definition) is 2. The Hall–Kier alpha value is -1.25. The van der Waals surface area contributed by atoms with E-state index in [4.69, 9.17) is 4.84 Å². The van der Waals surface area contributed by atoms with Crippen LogP contribution in [-0.4, -0.2) is 4.73 Å². The fourth-order valence-corrected chi connectivity index (χ4v) is 0.664. The van der Waals surface area contributed by atoms with Gasteiger partial charge in [-0.1, -0.05) is 0 Å². The molecular formula is C5H3NO2. The molecule has 0 aliphatic carbocycles. The summed E-state index contributed by atoms with van der Waals surface area (Å²) in [5.41, 5.74) is -0.0486. The first kappa shape index (κ1) is 3.72. The minimum atomic E-state index is -0.0486. The molecule has 0 fully saturated rings. The molecule has 3 heterocycles. The molecular weight excluding hydrogens is 106 g/mol. The molecule has 1 aromatic heterocycles. The summed E-state index contributed by atoms with van der Waals surface area (Å²) in [5, 5.41) is 0. The average molecular weight is 109 g/mol. The zero-order chi connectivity index (χ0) is 5.56. The number of aromatic nitrogens is 1. The van der Waals surface area contributed by atoms with Gasteiger partial charge < -0.3 is 4.84 Å². The second kappa shape index (κ2) is 0.940. The highest BCUT2D eigenvalue weighted by atomic mass is 16.7. The maximum atomic E-state index is 10.5. The zero-order valence-corrected chi connectivity index (χ0v) is 4.00. The van der Waals surface area contributed by atoms with Crippen molar-refractivity contribution in [2.24, 2.45) is 0 Å². The van der Waals surface area contributed by atoms with Crippen LogP contribution in [0.2, 0.25) is 0 Å². The van der Waals surface area contributed by atoms with Gasteiger partial charge in [-0.15, -0.1) is 4.73 Å². The lowest BCUT2D eigenvalue weighted by Gasteiger charge is -2.14. The second-order valence-corrected chi connectivity index (χ2v) is 1.59. The molecule has 0 N–H and O–H groups in total. The Kier molecular flexibility index (Phi) is 0.436. The van der Waals surface area contributed by atoms with Crippen molar-refractivity contribution in [3.63, 3.8) is 0 Å². The van der Waals surface area contributed by atoms with Gasteiger partial charge >= 0.3 is 5.56 Å². The summed E-state index contributed by atoms with van der Waals surface area (Å²) >= 11 is 0. The first-order valence-electron chi connectivity index (χ1n) is 2.28. The number of pyridine rings is 1. The van der Waals surface area contributed by atoms with Crippen molar-refractivity contribution in [2.75, 3.05) is 0 Å². The van der Waals surface area contributed by atoms with Crippen LogP contribution in [0.5, 0.6) is 5.75 Å². The molecule has 0 unspecified atom stereocenters. The fraction of sp³-hybridized carbons (Fsp3) is 0. The van der Waals surface area contributed by atoms with Gasteiger partial charge in [0, 0.05) is 6.20 Å². The van der Waals surface area contributed by atoms with Gasteiger partial charge in [-0.3, -0.25) is 4.79 Å². The Morgan fingerprint density at radius 1 is 1.62 bits per heavy atom. The second-order valence-electron chi connectivity index (χ2n) is 1.59. The van der Waals surface area contributed by atoms with E-state index in [1.165, 1.54) is 4.73 Å². The molecule has 0 saturated heterocycles. The maximum absolute atomic E-state index is 10.5. The van der Waals surface area contributed by atoms with Crippen molar-refractivity contribution < 1.29 is 4.84 Å². The van der Waals surface area contributed by atoms with Crippen LogP contribution in [0.1, 0.15) is 0 Å². The van der Waals surface area contributed by atoms with Gasteiger partial charge in [0.1, 0.15) is 0 Å². The van der Waals surface area contributed by atoms with E-state index in [-0.39, 0.29) is 5.56 Å². The largest absolute Gasteiger partial charge is 0.366 e. The summed E-state index contributed by atoms with van der Waals surface area (Å²) in [5.74, 6) is 0.438. The Labute approximate surface area is 45.1 Å². The van der Waals surface area contributed by atoms with E-state index in [1.54, 1.807) is 18.3 Å². The third-order valence-corrected chi connectivity index (χ3v) is 1.08. The molecule has 3 rings (SSSR count). The highest BCUT2D eigenvalue weighted by Gasteiger charge is 2.14. The Balaban J connectivity index is 2.94. The normalized spacial score (nSPS) is 12.0. The summed E-state index contributed by atoms with van der Waals surface area (Å²) in [6.07, 6.45) is 1.58. The number of rotatable bonds is 0. The van der Waals surface area contributed by atoms with E-state index in [0.717, 1.165) is 0 Å². The zero-order valence-electron chi connectivity index (χ0n) is 4.00. The fourth-order valence-electron chi connectivity index (χ4n) is 0.664. The van der Waals surface area contributed by atoms with E-state index in [2.05, 4.69) is 0 Å². The van der Waals surface area contributed by atoms with Crippen molar-refractivity contribution in [2.45, 2.75) is 0 Å². The van der Waals surface area contributed by atoms with Crippen molar-refractivity contribution in [1.29, 1.82) is 0 Å². The third-order valence-electron chi connectivity index (χ3n) is 1.08. The predicted molar refractivity (Wildman–Crippen MR) is 26.7 cm³/mol. The van der Waals surface area contributed by atoms with Crippen LogP contribution in [-0.2, 0) is 0 Å². The molecule has 2 aliphatic heterocycles. The summed E-state index contributed by atoms with van der Waals surface area (Å²) in [4.78, 5) is 15.3. The van der Waals surface area contributed by atoms with Crippen LogP contribution in [0.15, 0.2) is 23.1 Å². The van der Waals surface area contributed by atoms with Crippen molar-refractivity contribution in [1.82, 2.24) is 4.73 Å². The lowest BCUT2D eigenvalue weighted by molar-refractivity contribution is 0.142. The first-order chi connectivity index (χ1) is 3.88. The molecule has 0 aromatic carbocycles. The SMILES string of the molecule is O=c1c2cccn1O2. The Bertz CT molecular complexity index is 253. The first-order valence-corrected chi connectivity index (χ1v) is 2.28. The topological polar surface area (TPSA) is 31.2 Å². The minimum absolute atomic E-state index is 0.0486. The molecule has 0 saturated carbocycles. The molecule has 0 spiro atoms. The Morgan fingerprint density at radius 3 is 2.75 bits per heavy atom. The molecule has 0 radical (unpaired) electrons. The van der Waals surface area contributed by atoms with Crippen LogP contribution in [0, 0.1) is 0 Å². The van der Waals surface area contributed by atoms with E-state index in [0.29, 0.717) is 5.75 Å². The summed E-state index contributed by atoms with van der Waals surface area (Å²) < 4.78 is 1.19. The van der Waals surface area contributed by atoms with E-state index >= 15 is 0 Å². The quantitative estimate of drug-likeness (QED) is 0.477. The molecule has 1 aromatic rings. The molecule has 0 atom stereocenters. The Morgan fingerprint density at radius 2 is 2.50 bits per heavy atom. The third kappa shape index (κ3) is 0.238. The number of hydrogen-bond donors (Lipinski definition) is 0. The molecule has 2 aliphatic rings. The smallest absolute Gasteiger partial charge is 0.329 e. The number of nitrogens with zero attached hydrogens (tertiary/aromatic N) is 1. The maximum Gasteiger partial charge on any atom is 0.329 e. The molecule has 40 valence electrons. The molecule has 2 bridgehead atoms. The van der Waals surface area contributed by atoms with Gasteiger partial charge in [-0.05, 0) is 12.1 Å². The van der Waals surface area contributed by atoms with E-state index in [1.807, 2.05) is 0 Å². The highest BCUT2D eigenvalue weighted by Crippen LogP contribution is 2.08. The van der Waals surface area contributed by atoms with Gasteiger partial charge in [-0.2, -0.15) is 0 Å². The summed E-state index contributed by atoms with van der Waals surface area (Å²) in [6, 6.07) is 3.41. The molecule has 0 amide bonds. The van der Waals surface area contributed by atoms with Gasteiger partial charge in [0.15, 0.2) is 0 Å². The van der Waals surface area contributed by atoms with Gasteiger partial charge in [0.05, 0.1) is 0 Å². The monoisotopic (exact) mass is 109 g/mol. The molecule has 8 heavy (non-hydrogen) atoms.